The number of carbonyl (C=O) groups excluding carboxylic acids is 1. The molecule has 0 aromatic rings. The predicted molar refractivity (Wildman–Crippen MR) is 64.7 cm³/mol. The first-order valence-corrected chi connectivity index (χ1v) is 7.25. The summed E-state index contributed by atoms with van der Waals surface area (Å²) in [7, 11) is 0. The Labute approximate surface area is 128 Å². The van der Waals surface area contributed by atoms with Gasteiger partial charge in [-0.05, 0) is 37.5 Å². The number of likely N-dealkylation sites (tertiary alicyclic amines) is 1. The molecule has 0 N–H and O–H groups in total. The van der Waals surface area contributed by atoms with Crippen LogP contribution in [0.25, 0.3) is 0 Å². The first kappa shape index (κ1) is 16.4. The summed E-state index contributed by atoms with van der Waals surface area (Å²) >= 11 is 0. The van der Waals surface area contributed by atoms with Crippen molar-refractivity contribution in [2.24, 2.45) is 16.2 Å². The van der Waals surface area contributed by atoms with E-state index in [0.29, 0.717) is 4.90 Å². The SMILES string of the molecule is N#CC1(C(=O)N2CCC(C(F)(F)F)(C(F)(F)F)C2)CC2(CC2)C1. The summed E-state index contributed by atoms with van der Waals surface area (Å²) in [4.78, 5) is 13.0. The Morgan fingerprint density at radius 3 is 1.87 bits per heavy atom. The van der Waals surface area contributed by atoms with Crippen LogP contribution in [0.3, 0.4) is 0 Å². The Bertz CT molecular complexity index is 562. The fourth-order valence-corrected chi connectivity index (χ4v) is 3.95. The van der Waals surface area contributed by atoms with Crippen molar-refractivity contribution >= 4 is 5.91 Å². The second-order valence-corrected chi connectivity index (χ2v) is 7.10. The Hall–Kier alpha value is -1.46. The molecule has 128 valence electrons. The molecule has 0 radical (unpaired) electrons. The van der Waals surface area contributed by atoms with E-state index in [-0.39, 0.29) is 18.3 Å². The van der Waals surface area contributed by atoms with Gasteiger partial charge in [0.2, 0.25) is 5.91 Å². The van der Waals surface area contributed by atoms with E-state index in [0.717, 1.165) is 12.8 Å². The molecule has 0 atom stereocenters. The van der Waals surface area contributed by atoms with Crippen LogP contribution in [-0.2, 0) is 4.79 Å². The van der Waals surface area contributed by atoms with Crippen molar-refractivity contribution < 1.29 is 31.1 Å². The number of halogens is 6. The Balaban J connectivity index is 1.81. The van der Waals surface area contributed by atoms with Crippen LogP contribution in [0.4, 0.5) is 26.3 Å². The molecule has 2 aliphatic carbocycles. The van der Waals surface area contributed by atoms with Gasteiger partial charge in [-0.3, -0.25) is 4.79 Å². The second kappa shape index (κ2) is 4.33. The molecule has 1 spiro atoms. The van der Waals surface area contributed by atoms with E-state index in [2.05, 4.69) is 0 Å². The highest BCUT2D eigenvalue weighted by atomic mass is 19.4. The molecule has 1 aliphatic heterocycles. The van der Waals surface area contributed by atoms with Gasteiger partial charge in [-0.1, -0.05) is 0 Å². The maximum Gasteiger partial charge on any atom is 0.404 e. The quantitative estimate of drug-likeness (QED) is 0.687. The van der Waals surface area contributed by atoms with Crippen LogP contribution >= 0.6 is 0 Å². The number of rotatable bonds is 1. The molecule has 0 aromatic carbocycles. The van der Waals surface area contributed by atoms with Crippen LogP contribution in [0.5, 0.6) is 0 Å². The van der Waals surface area contributed by atoms with Gasteiger partial charge in [0.1, 0.15) is 5.41 Å². The molecule has 3 fully saturated rings. The van der Waals surface area contributed by atoms with Crippen molar-refractivity contribution in [2.45, 2.75) is 44.5 Å². The summed E-state index contributed by atoms with van der Waals surface area (Å²) in [6.07, 6.45) is -9.97. The molecule has 3 rings (SSSR count). The molecule has 9 heteroatoms. The summed E-state index contributed by atoms with van der Waals surface area (Å²) in [5, 5.41) is 9.24. The first-order chi connectivity index (χ1) is 10.4. The summed E-state index contributed by atoms with van der Waals surface area (Å²) in [5.41, 5.74) is -5.41. The number of alkyl halides is 6. The minimum absolute atomic E-state index is 0.0732. The molecule has 1 heterocycles. The standard InChI is InChI=1S/C14H14F6N2O/c15-13(16,17)12(14(18,19)20)3-4-22(8-12)9(23)11(7-21)5-10(6-11)1-2-10/h1-6,8H2. The van der Waals surface area contributed by atoms with Crippen LogP contribution in [0.1, 0.15) is 32.1 Å². The van der Waals surface area contributed by atoms with Gasteiger partial charge in [0.15, 0.2) is 5.41 Å². The summed E-state index contributed by atoms with van der Waals surface area (Å²) in [6.45, 7) is -2.08. The fraction of sp³-hybridized carbons (Fsp3) is 0.857. The molecular weight excluding hydrogens is 326 g/mol. The maximum atomic E-state index is 13.0. The molecular formula is C14H14F6N2O. The second-order valence-electron chi connectivity index (χ2n) is 7.10. The van der Waals surface area contributed by atoms with Crippen molar-refractivity contribution in [1.29, 1.82) is 5.26 Å². The third-order valence-corrected chi connectivity index (χ3v) is 5.58. The molecule has 23 heavy (non-hydrogen) atoms. The lowest BCUT2D eigenvalue weighted by molar-refractivity contribution is -0.335. The lowest BCUT2D eigenvalue weighted by Gasteiger charge is -2.44. The lowest BCUT2D eigenvalue weighted by Crippen LogP contribution is -2.55. The molecule has 1 saturated heterocycles. The monoisotopic (exact) mass is 340 g/mol. The zero-order valence-electron chi connectivity index (χ0n) is 12.0. The maximum absolute atomic E-state index is 13.0. The number of hydrogen-bond donors (Lipinski definition) is 0. The topological polar surface area (TPSA) is 44.1 Å². The minimum atomic E-state index is -5.49. The number of nitrogens with zero attached hydrogens (tertiary/aromatic N) is 2. The van der Waals surface area contributed by atoms with Gasteiger partial charge in [0.05, 0.1) is 6.07 Å². The minimum Gasteiger partial charge on any atom is -0.340 e. The van der Waals surface area contributed by atoms with Crippen molar-refractivity contribution in [1.82, 2.24) is 4.90 Å². The number of amides is 1. The lowest BCUT2D eigenvalue weighted by atomic mass is 9.59. The van der Waals surface area contributed by atoms with Gasteiger partial charge in [-0.25, -0.2) is 0 Å². The largest absolute Gasteiger partial charge is 0.404 e. The van der Waals surface area contributed by atoms with Gasteiger partial charge < -0.3 is 4.90 Å². The molecule has 0 unspecified atom stereocenters. The van der Waals surface area contributed by atoms with E-state index in [1.54, 1.807) is 0 Å². The van der Waals surface area contributed by atoms with Crippen LogP contribution in [0, 0.1) is 27.6 Å². The van der Waals surface area contributed by atoms with E-state index in [4.69, 9.17) is 0 Å². The number of carbonyl (C=O) groups is 1. The van der Waals surface area contributed by atoms with Crippen molar-refractivity contribution in [3.63, 3.8) is 0 Å². The van der Waals surface area contributed by atoms with Gasteiger partial charge in [-0.15, -0.1) is 0 Å². The van der Waals surface area contributed by atoms with Crippen molar-refractivity contribution in [2.75, 3.05) is 13.1 Å². The van der Waals surface area contributed by atoms with Crippen molar-refractivity contribution in [3.8, 4) is 6.07 Å². The third kappa shape index (κ3) is 2.13. The normalized spacial score (nSPS) is 27.4. The van der Waals surface area contributed by atoms with E-state index in [9.17, 15) is 36.4 Å². The molecule has 3 nitrogen and oxygen atoms in total. The molecule has 3 aliphatic rings. The van der Waals surface area contributed by atoms with Crippen molar-refractivity contribution in [3.05, 3.63) is 0 Å². The highest BCUT2D eigenvalue weighted by Crippen LogP contribution is 2.69. The average molecular weight is 340 g/mol. The van der Waals surface area contributed by atoms with E-state index in [1.807, 2.05) is 6.07 Å². The van der Waals surface area contributed by atoms with Crippen LogP contribution in [0.2, 0.25) is 0 Å². The van der Waals surface area contributed by atoms with E-state index < -0.39 is 48.6 Å². The highest BCUT2D eigenvalue weighted by Gasteiger charge is 2.74. The average Bonchev–Trinajstić information content (AvgIpc) is 3.00. The van der Waals surface area contributed by atoms with Crippen LogP contribution in [-0.4, -0.2) is 36.2 Å². The zero-order valence-corrected chi connectivity index (χ0v) is 12.0. The van der Waals surface area contributed by atoms with Crippen LogP contribution < -0.4 is 0 Å². The summed E-state index contributed by atoms with van der Waals surface area (Å²) in [6, 6.07) is 1.84. The van der Waals surface area contributed by atoms with Gasteiger partial charge >= 0.3 is 12.4 Å². The fourth-order valence-electron chi connectivity index (χ4n) is 3.95. The Kier molecular flexibility index (Phi) is 3.09. The summed E-state index contributed by atoms with van der Waals surface area (Å²) in [5.74, 6) is -0.882. The predicted octanol–water partition coefficient (Wildman–Crippen LogP) is 3.41. The Morgan fingerprint density at radius 2 is 1.52 bits per heavy atom. The van der Waals surface area contributed by atoms with E-state index >= 15 is 0 Å². The van der Waals surface area contributed by atoms with Gasteiger partial charge in [0.25, 0.3) is 0 Å². The van der Waals surface area contributed by atoms with Gasteiger partial charge in [-0.2, -0.15) is 31.6 Å². The smallest absolute Gasteiger partial charge is 0.340 e. The first-order valence-electron chi connectivity index (χ1n) is 7.25. The molecule has 0 aromatic heterocycles. The Morgan fingerprint density at radius 1 is 1.00 bits per heavy atom. The van der Waals surface area contributed by atoms with E-state index in [1.165, 1.54) is 0 Å². The molecule has 1 amide bonds. The van der Waals surface area contributed by atoms with Crippen LogP contribution in [0.15, 0.2) is 0 Å². The number of hydrogen-bond acceptors (Lipinski definition) is 2. The third-order valence-electron chi connectivity index (χ3n) is 5.58. The van der Waals surface area contributed by atoms with Gasteiger partial charge in [0, 0.05) is 13.1 Å². The number of nitriles is 1. The zero-order chi connectivity index (χ0) is 17.3. The molecule has 0 bridgehead atoms. The molecule has 2 saturated carbocycles. The summed E-state index contributed by atoms with van der Waals surface area (Å²) < 4.78 is 78.2. The highest BCUT2D eigenvalue weighted by molar-refractivity contribution is 5.87.